The fourth-order valence-electron chi connectivity index (χ4n) is 2.07. The lowest BCUT2D eigenvalue weighted by Gasteiger charge is -2.21. The van der Waals surface area contributed by atoms with Crippen molar-refractivity contribution in [2.45, 2.75) is 39.4 Å². The number of benzene rings is 1. The summed E-state index contributed by atoms with van der Waals surface area (Å²) in [7, 11) is 3.06. The summed E-state index contributed by atoms with van der Waals surface area (Å²) < 4.78 is 39.9. The zero-order valence-electron chi connectivity index (χ0n) is 16.1. The standard InChI is InChI=1S/C18H29F2N3O3/c1-6-21-17(23-12-18(2,3)25-5)22-10-9-13-7-8-14(24-4)15(11-13)26-16(19)20/h7-8,11,16H,6,9-10,12H2,1-5H3,(H2,21,22,23). The summed E-state index contributed by atoms with van der Waals surface area (Å²) >= 11 is 0. The van der Waals surface area contributed by atoms with Crippen molar-refractivity contribution in [2.75, 3.05) is 33.9 Å². The Balaban J connectivity index is 2.67. The van der Waals surface area contributed by atoms with E-state index in [1.54, 1.807) is 19.2 Å². The molecule has 0 radical (unpaired) electrons. The van der Waals surface area contributed by atoms with Gasteiger partial charge in [-0.3, -0.25) is 4.99 Å². The number of halogens is 2. The van der Waals surface area contributed by atoms with E-state index >= 15 is 0 Å². The van der Waals surface area contributed by atoms with Crippen LogP contribution in [0.2, 0.25) is 0 Å². The summed E-state index contributed by atoms with van der Waals surface area (Å²) in [6.07, 6.45) is 0.613. The number of alkyl halides is 2. The topological polar surface area (TPSA) is 64.1 Å². The van der Waals surface area contributed by atoms with Crippen molar-refractivity contribution in [3.8, 4) is 11.5 Å². The van der Waals surface area contributed by atoms with Gasteiger partial charge in [-0.2, -0.15) is 8.78 Å². The number of ether oxygens (including phenoxy) is 3. The van der Waals surface area contributed by atoms with Crippen molar-refractivity contribution in [1.29, 1.82) is 0 Å². The van der Waals surface area contributed by atoms with Crippen LogP contribution in [0.5, 0.6) is 11.5 Å². The molecule has 6 nitrogen and oxygen atoms in total. The summed E-state index contributed by atoms with van der Waals surface area (Å²) in [4.78, 5) is 4.50. The highest BCUT2D eigenvalue weighted by Crippen LogP contribution is 2.29. The Morgan fingerprint density at radius 2 is 1.92 bits per heavy atom. The van der Waals surface area contributed by atoms with Gasteiger partial charge in [0.15, 0.2) is 17.5 Å². The summed E-state index contributed by atoms with van der Waals surface area (Å²) in [5, 5.41) is 6.38. The Morgan fingerprint density at radius 1 is 1.19 bits per heavy atom. The lowest BCUT2D eigenvalue weighted by molar-refractivity contribution is -0.0512. The molecule has 0 aliphatic carbocycles. The monoisotopic (exact) mass is 373 g/mol. The van der Waals surface area contributed by atoms with Crippen molar-refractivity contribution in [1.82, 2.24) is 10.6 Å². The van der Waals surface area contributed by atoms with Crippen LogP contribution in [0.3, 0.4) is 0 Å². The molecule has 0 aliphatic heterocycles. The lowest BCUT2D eigenvalue weighted by atomic mass is 10.1. The first-order valence-corrected chi connectivity index (χ1v) is 8.50. The quantitative estimate of drug-likeness (QED) is 0.488. The normalized spacial score (nSPS) is 12.2. The van der Waals surface area contributed by atoms with Crippen LogP contribution in [0.15, 0.2) is 23.2 Å². The van der Waals surface area contributed by atoms with E-state index in [0.717, 1.165) is 12.1 Å². The van der Waals surface area contributed by atoms with Crippen LogP contribution >= 0.6 is 0 Å². The van der Waals surface area contributed by atoms with Crippen molar-refractivity contribution >= 4 is 5.96 Å². The zero-order valence-corrected chi connectivity index (χ0v) is 16.1. The van der Waals surface area contributed by atoms with Gasteiger partial charge in [0.25, 0.3) is 0 Å². The largest absolute Gasteiger partial charge is 0.493 e. The lowest BCUT2D eigenvalue weighted by Crippen LogP contribution is -2.40. The number of aliphatic imine (C=N–C) groups is 1. The molecule has 0 amide bonds. The maximum absolute atomic E-state index is 12.5. The van der Waals surface area contributed by atoms with Crippen LogP contribution in [0.4, 0.5) is 8.78 Å². The third-order valence-corrected chi connectivity index (χ3v) is 3.66. The minimum Gasteiger partial charge on any atom is -0.493 e. The molecule has 0 atom stereocenters. The Bertz CT molecular complexity index is 581. The minimum absolute atomic E-state index is 0.0300. The molecule has 0 saturated heterocycles. The average Bonchev–Trinajstić information content (AvgIpc) is 2.59. The first kappa shape index (κ1) is 22.0. The van der Waals surface area contributed by atoms with Crippen molar-refractivity contribution in [2.24, 2.45) is 4.99 Å². The molecule has 0 heterocycles. The van der Waals surface area contributed by atoms with E-state index in [4.69, 9.17) is 9.47 Å². The van der Waals surface area contributed by atoms with E-state index in [1.165, 1.54) is 7.11 Å². The van der Waals surface area contributed by atoms with Crippen molar-refractivity contribution in [3.05, 3.63) is 23.8 Å². The van der Waals surface area contributed by atoms with Crippen molar-refractivity contribution < 1.29 is 23.0 Å². The Morgan fingerprint density at radius 3 is 2.50 bits per heavy atom. The van der Waals surface area contributed by atoms with Crippen molar-refractivity contribution in [3.63, 3.8) is 0 Å². The average molecular weight is 373 g/mol. The van der Waals surface area contributed by atoms with E-state index in [9.17, 15) is 8.78 Å². The number of nitrogens with one attached hydrogen (secondary N) is 2. The van der Waals surface area contributed by atoms with Gasteiger partial charge in [-0.1, -0.05) is 6.07 Å². The predicted molar refractivity (Wildman–Crippen MR) is 98.4 cm³/mol. The molecule has 0 aromatic heterocycles. The molecule has 0 saturated carbocycles. The van der Waals surface area contributed by atoms with Gasteiger partial charge in [-0.25, -0.2) is 0 Å². The second-order valence-electron chi connectivity index (χ2n) is 6.20. The van der Waals surface area contributed by atoms with Gasteiger partial charge in [-0.15, -0.1) is 0 Å². The molecule has 2 N–H and O–H groups in total. The highest BCUT2D eigenvalue weighted by Gasteiger charge is 2.16. The maximum atomic E-state index is 12.5. The van der Waals surface area contributed by atoms with Gasteiger partial charge in [0.2, 0.25) is 0 Å². The summed E-state index contributed by atoms with van der Waals surface area (Å²) in [5.74, 6) is 0.983. The van der Waals surface area contributed by atoms with Crippen LogP contribution in [-0.2, 0) is 11.2 Å². The number of methoxy groups -OCH3 is 2. The van der Waals surface area contributed by atoms with E-state index in [1.807, 2.05) is 26.8 Å². The number of hydrogen-bond donors (Lipinski definition) is 2. The van der Waals surface area contributed by atoms with E-state index in [2.05, 4.69) is 20.4 Å². The van der Waals surface area contributed by atoms with E-state index in [-0.39, 0.29) is 17.1 Å². The second kappa shape index (κ2) is 10.8. The fraction of sp³-hybridized carbons (Fsp3) is 0.611. The molecule has 8 heteroatoms. The molecule has 1 aromatic rings. The molecule has 0 aliphatic rings. The molecule has 0 bridgehead atoms. The Labute approximate surface area is 153 Å². The number of nitrogens with zero attached hydrogens (tertiary/aromatic N) is 1. The highest BCUT2D eigenvalue weighted by molar-refractivity contribution is 5.79. The third kappa shape index (κ3) is 7.86. The van der Waals surface area contributed by atoms with E-state index < -0.39 is 6.61 Å². The van der Waals surface area contributed by atoms with Gasteiger partial charge in [0.1, 0.15) is 0 Å². The molecular formula is C18H29F2N3O3. The number of guanidine groups is 1. The first-order valence-electron chi connectivity index (χ1n) is 8.50. The highest BCUT2D eigenvalue weighted by atomic mass is 19.3. The molecule has 26 heavy (non-hydrogen) atoms. The zero-order chi connectivity index (χ0) is 19.6. The Kier molecular flexibility index (Phi) is 9.12. The van der Waals surface area contributed by atoms with Gasteiger partial charge in [0.05, 0.1) is 19.3 Å². The van der Waals surface area contributed by atoms with Gasteiger partial charge in [-0.05, 0) is 44.9 Å². The van der Waals surface area contributed by atoms with Crippen LogP contribution in [0.1, 0.15) is 26.3 Å². The SMILES string of the molecule is CCNC(=NCC(C)(C)OC)NCCc1ccc(OC)c(OC(F)F)c1. The van der Waals surface area contributed by atoms with Gasteiger partial charge >= 0.3 is 6.61 Å². The molecule has 0 unspecified atom stereocenters. The van der Waals surface area contributed by atoms with Crippen LogP contribution < -0.4 is 20.1 Å². The smallest absolute Gasteiger partial charge is 0.387 e. The molecule has 1 aromatic carbocycles. The van der Waals surface area contributed by atoms with Gasteiger partial charge in [0, 0.05) is 20.2 Å². The fourth-order valence-corrected chi connectivity index (χ4v) is 2.07. The van der Waals surface area contributed by atoms with Crippen LogP contribution in [0, 0.1) is 0 Å². The summed E-state index contributed by atoms with van der Waals surface area (Å²) in [6.45, 7) is 4.83. The molecule has 0 fully saturated rings. The summed E-state index contributed by atoms with van der Waals surface area (Å²) in [5.41, 5.74) is 0.502. The predicted octanol–water partition coefficient (Wildman–Crippen LogP) is 2.82. The molecular weight excluding hydrogens is 344 g/mol. The maximum Gasteiger partial charge on any atom is 0.387 e. The molecule has 0 spiro atoms. The number of rotatable bonds is 10. The first-order chi connectivity index (χ1) is 12.3. The summed E-state index contributed by atoms with van der Waals surface area (Å²) in [6, 6.07) is 5.00. The third-order valence-electron chi connectivity index (χ3n) is 3.66. The Hall–Kier alpha value is -2.09. The van der Waals surface area contributed by atoms with Crippen LogP contribution in [-0.4, -0.2) is 52.0 Å². The molecule has 148 valence electrons. The van der Waals surface area contributed by atoms with Crippen LogP contribution in [0.25, 0.3) is 0 Å². The minimum atomic E-state index is -2.89. The number of hydrogen-bond acceptors (Lipinski definition) is 4. The van der Waals surface area contributed by atoms with Gasteiger partial charge < -0.3 is 24.8 Å². The second-order valence-corrected chi connectivity index (χ2v) is 6.20. The molecule has 1 rings (SSSR count). The van der Waals surface area contributed by atoms with E-state index in [0.29, 0.717) is 25.5 Å².